The first-order valence-corrected chi connectivity index (χ1v) is 9.72. The van der Waals surface area contributed by atoms with Gasteiger partial charge in [-0.05, 0) is 31.0 Å². The van der Waals surface area contributed by atoms with E-state index >= 15 is 0 Å². The maximum atomic E-state index is 12.4. The third kappa shape index (κ3) is 3.66. The highest BCUT2D eigenvalue weighted by Gasteiger charge is 2.34. The van der Waals surface area contributed by atoms with Gasteiger partial charge in [-0.15, -0.1) is 11.3 Å². The predicted octanol–water partition coefficient (Wildman–Crippen LogP) is 3.01. The van der Waals surface area contributed by atoms with Crippen LogP contribution >= 0.6 is 11.3 Å². The topological polar surface area (TPSA) is 122 Å². The number of rotatable bonds is 4. The molecule has 1 atom stereocenters. The highest BCUT2D eigenvalue weighted by molar-refractivity contribution is 7.14. The summed E-state index contributed by atoms with van der Waals surface area (Å²) in [4.78, 5) is 41.5. The number of thiazole rings is 1. The van der Waals surface area contributed by atoms with E-state index in [9.17, 15) is 19.5 Å². The van der Waals surface area contributed by atoms with Gasteiger partial charge in [0.05, 0.1) is 18.4 Å². The normalized spacial score (nSPS) is 16.2. The van der Waals surface area contributed by atoms with Gasteiger partial charge in [0.2, 0.25) is 5.91 Å². The molecule has 29 heavy (non-hydrogen) atoms. The lowest BCUT2D eigenvalue weighted by molar-refractivity contribution is -0.119. The first-order chi connectivity index (χ1) is 14.0. The third-order valence-electron chi connectivity index (χ3n) is 4.75. The van der Waals surface area contributed by atoms with Gasteiger partial charge in [0.15, 0.2) is 5.13 Å². The number of anilines is 1. The van der Waals surface area contributed by atoms with Gasteiger partial charge < -0.3 is 19.6 Å². The summed E-state index contributed by atoms with van der Waals surface area (Å²) in [5.74, 6) is 0.151. The highest BCUT2D eigenvalue weighted by Crippen LogP contribution is 2.27. The number of carbonyl (C=O) groups excluding carboxylic acids is 1. The Bertz CT molecular complexity index is 1150. The number of fused-ring (bicyclic) bond motifs is 1. The number of hydrogen-bond donors (Lipinski definition) is 2. The summed E-state index contributed by atoms with van der Waals surface area (Å²) in [7, 11) is 1.53. The first-order valence-electron chi connectivity index (χ1n) is 8.84. The number of nitrogens with one attached hydrogen (secondary N) is 1. The number of hydrogen-bond acceptors (Lipinski definition) is 7. The average molecular weight is 415 g/mol. The zero-order chi connectivity index (χ0) is 20.5. The molecule has 9 nitrogen and oxygen atoms in total. The van der Waals surface area contributed by atoms with Crippen LogP contribution in [0.4, 0.5) is 9.93 Å². The van der Waals surface area contributed by atoms with Crippen molar-refractivity contribution in [2.45, 2.75) is 18.9 Å². The molecule has 0 saturated carbocycles. The Morgan fingerprint density at radius 2 is 2.21 bits per heavy atom. The molecule has 3 heterocycles. The van der Waals surface area contributed by atoms with Crippen molar-refractivity contribution >= 4 is 39.4 Å². The Morgan fingerprint density at radius 1 is 1.38 bits per heavy atom. The van der Waals surface area contributed by atoms with Gasteiger partial charge in [-0.2, -0.15) is 0 Å². The van der Waals surface area contributed by atoms with Crippen molar-refractivity contribution < 1.29 is 23.8 Å². The number of amides is 2. The fourth-order valence-corrected chi connectivity index (χ4v) is 4.02. The Kier molecular flexibility index (Phi) is 4.93. The second-order valence-corrected chi connectivity index (χ2v) is 7.37. The van der Waals surface area contributed by atoms with Crippen LogP contribution in [0.15, 0.2) is 38.9 Å². The molecule has 10 heteroatoms. The number of likely N-dealkylation sites (tertiary alicyclic amines) is 1. The highest BCUT2D eigenvalue weighted by atomic mass is 32.1. The molecule has 3 aromatic rings. The van der Waals surface area contributed by atoms with Crippen LogP contribution in [0.3, 0.4) is 0 Å². The van der Waals surface area contributed by atoms with Gasteiger partial charge >= 0.3 is 11.7 Å². The molecule has 150 valence electrons. The van der Waals surface area contributed by atoms with E-state index < -0.39 is 23.7 Å². The number of aromatic nitrogens is 1. The summed E-state index contributed by atoms with van der Waals surface area (Å²) < 4.78 is 10.5. The van der Waals surface area contributed by atoms with E-state index in [4.69, 9.17) is 9.15 Å². The summed E-state index contributed by atoms with van der Waals surface area (Å²) in [6.07, 6.45) is -0.0160. The van der Waals surface area contributed by atoms with Crippen molar-refractivity contribution in [3.63, 3.8) is 0 Å². The van der Waals surface area contributed by atoms with Crippen molar-refractivity contribution in [1.29, 1.82) is 0 Å². The van der Waals surface area contributed by atoms with Gasteiger partial charge in [0, 0.05) is 23.4 Å². The molecular formula is C19H17N3O6S. The van der Waals surface area contributed by atoms with E-state index in [0.29, 0.717) is 41.8 Å². The Hall–Kier alpha value is -3.40. The smallest absolute Gasteiger partial charge is 0.407 e. The quantitative estimate of drug-likeness (QED) is 0.628. The van der Waals surface area contributed by atoms with E-state index in [0.717, 1.165) is 16.2 Å². The van der Waals surface area contributed by atoms with Crippen molar-refractivity contribution in [3.05, 3.63) is 40.1 Å². The largest absolute Gasteiger partial charge is 0.497 e. The standard InChI is InChI=1S/C19H17N3O6S/c1-27-11-5-4-10-7-12(17(24)28-15(10)8-11)13-9-29-18(20-13)21-16(23)14-3-2-6-22(14)19(25)26/h4-5,7-9,14H,2-3,6H2,1H3,(H,25,26)(H,20,21,23). The van der Waals surface area contributed by atoms with Crippen molar-refractivity contribution in [2.75, 3.05) is 19.0 Å². The Labute approximate surface area is 168 Å². The molecule has 0 aliphatic carbocycles. The molecule has 2 aromatic heterocycles. The van der Waals surface area contributed by atoms with E-state index in [1.54, 1.807) is 29.6 Å². The molecule has 0 radical (unpaired) electrons. The van der Waals surface area contributed by atoms with Gasteiger partial charge in [-0.3, -0.25) is 9.69 Å². The van der Waals surface area contributed by atoms with Crippen LogP contribution in [-0.2, 0) is 4.79 Å². The summed E-state index contributed by atoms with van der Waals surface area (Å²) in [5, 5.41) is 14.5. The van der Waals surface area contributed by atoms with E-state index in [1.165, 1.54) is 7.11 Å². The maximum Gasteiger partial charge on any atom is 0.407 e. The maximum absolute atomic E-state index is 12.4. The SMILES string of the molecule is COc1ccc2cc(-c3csc(NC(=O)C4CCCN4C(=O)O)n3)c(=O)oc2c1. The molecule has 1 aromatic carbocycles. The van der Waals surface area contributed by atoms with Crippen LogP contribution in [-0.4, -0.2) is 46.7 Å². The molecule has 0 bridgehead atoms. The minimum absolute atomic E-state index is 0.271. The summed E-state index contributed by atoms with van der Waals surface area (Å²) in [5.41, 5.74) is 0.490. The minimum atomic E-state index is -1.12. The first kappa shape index (κ1) is 18.9. The monoisotopic (exact) mass is 415 g/mol. The van der Waals surface area contributed by atoms with Crippen LogP contribution in [0.25, 0.3) is 22.2 Å². The number of ether oxygens (including phenoxy) is 1. The molecule has 4 rings (SSSR count). The molecule has 1 fully saturated rings. The summed E-state index contributed by atoms with van der Waals surface area (Å²) in [6, 6.07) is 6.10. The van der Waals surface area contributed by atoms with Crippen molar-refractivity contribution in [1.82, 2.24) is 9.88 Å². The van der Waals surface area contributed by atoms with Gasteiger partial charge in [0.1, 0.15) is 17.4 Å². The van der Waals surface area contributed by atoms with E-state index in [1.807, 2.05) is 0 Å². The van der Waals surface area contributed by atoms with Crippen molar-refractivity contribution in [3.8, 4) is 17.0 Å². The molecule has 2 amide bonds. The Balaban J connectivity index is 1.57. The molecule has 1 saturated heterocycles. The van der Waals surface area contributed by atoms with Gasteiger partial charge in [-0.1, -0.05) is 0 Å². The number of methoxy groups -OCH3 is 1. The zero-order valence-corrected chi connectivity index (χ0v) is 16.2. The molecule has 1 aliphatic rings. The number of carboxylic acid groups (broad SMARTS) is 1. The lowest BCUT2D eigenvalue weighted by Crippen LogP contribution is -2.42. The average Bonchev–Trinajstić information content (AvgIpc) is 3.36. The van der Waals surface area contributed by atoms with Gasteiger partial charge in [-0.25, -0.2) is 14.6 Å². The Morgan fingerprint density at radius 3 is 2.97 bits per heavy atom. The third-order valence-corrected chi connectivity index (χ3v) is 5.51. The number of benzene rings is 1. The van der Waals surface area contributed by atoms with Crippen LogP contribution in [0.1, 0.15) is 12.8 Å². The fourth-order valence-electron chi connectivity index (χ4n) is 3.31. The van der Waals surface area contributed by atoms with Crippen LogP contribution in [0, 0.1) is 0 Å². The van der Waals surface area contributed by atoms with Crippen LogP contribution < -0.4 is 15.7 Å². The summed E-state index contributed by atoms with van der Waals surface area (Å²) >= 11 is 1.15. The second kappa shape index (κ2) is 7.55. The molecular weight excluding hydrogens is 398 g/mol. The predicted molar refractivity (Wildman–Crippen MR) is 107 cm³/mol. The number of carbonyl (C=O) groups is 2. The second-order valence-electron chi connectivity index (χ2n) is 6.51. The van der Waals surface area contributed by atoms with Crippen LogP contribution in [0.2, 0.25) is 0 Å². The molecule has 2 N–H and O–H groups in total. The minimum Gasteiger partial charge on any atom is -0.497 e. The zero-order valence-electron chi connectivity index (χ0n) is 15.4. The lowest BCUT2D eigenvalue weighted by atomic mass is 10.1. The fraction of sp³-hybridized carbons (Fsp3) is 0.263. The van der Waals surface area contributed by atoms with Crippen molar-refractivity contribution in [2.24, 2.45) is 0 Å². The van der Waals surface area contributed by atoms with E-state index in [2.05, 4.69) is 10.3 Å². The van der Waals surface area contributed by atoms with E-state index in [-0.39, 0.29) is 10.7 Å². The van der Waals surface area contributed by atoms with Gasteiger partial charge in [0.25, 0.3) is 0 Å². The number of nitrogens with zero attached hydrogens (tertiary/aromatic N) is 2. The molecule has 1 unspecified atom stereocenters. The van der Waals surface area contributed by atoms with Crippen LogP contribution in [0.5, 0.6) is 5.75 Å². The summed E-state index contributed by atoms with van der Waals surface area (Å²) in [6.45, 7) is 0.333. The molecule has 1 aliphatic heterocycles. The molecule has 0 spiro atoms. The lowest BCUT2D eigenvalue weighted by Gasteiger charge is -2.19.